The molecule has 0 saturated heterocycles. The average molecular weight is 357 g/mol. The fraction of sp³-hybridized carbons (Fsp3) is 0.952. The van der Waals surface area contributed by atoms with Crippen LogP contribution in [0.1, 0.15) is 103 Å². The van der Waals surface area contributed by atoms with Crippen molar-refractivity contribution < 1.29 is 20.1 Å². The summed E-state index contributed by atoms with van der Waals surface area (Å²) >= 11 is 0. The van der Waals surface area contributed by atoms with Gasteiger partial charge in [-0.15, -0.1) is 0 Å². The Morgan fingerprint density at radius 3 is 2.32 bits per heavy atom. The maximum Gasteiger partial charge on any atom is 0.303 e. The highest BCUT2D eigenvalue weighted by Gasteiger charge is 2.38. The van der Waals surface area contributed by atoms with Gasteiger partial charge >= 0.3 is 5.97 Å². The zero-order valence-electron chi connectivity index (χ0n) is 16.2. The van der Waals surface area contributed by atoms with Gasteiger partial charge in [-0.05, 0) is 43.9 Å². The molecule has 3 N–H and O–H groups in total. The number of aliphatic hydroxyl groups excluding tert-OH is 2. The van der Waals surface area contributed by atoms with Crippen LogP contribution in [0, 0.1) is 11.8 Å². The molecule has 148 valence electrons. The lowest BCUT2D eigenvalue weighted by atomic mass is 9.84. The van der Waals surface area contributed by atoms with Crippen molar-refractivity contribution in [2.24, 2.45) is 11.8 Å². The molecule has 0 radical (unpaired) electrons. The van der Waals surface area contributed by atoms with Gasteiger partial charge in [-0.25, -0.2) is 0 Å². The van der Waals surface area contributed by atoms with Crippen molar-refractivity contribution in [1.82, 2.24) is 0 Å². The van der Waals surface area contributed by atoms with Gasteiger partial charge in [-0.2, -0.15) is 0 Å². The molecule has 4 unspecified atom stereocenters. The summed E-state index contributed by atoms with van der Waals surface area (Å²) in [6, 6.07) is 0. The lowest BCUT2D eigenvalue weighted by Gasteiger charge is -2.26. The first-order chi connectivity index (χ1) is 12.1. The number of hydrogen-bond acceptors (Lipinski definition) is 3. The van der Waals surface area contributed by atoms with Gasteiger partial charge in [-0.3, -0.25) is 4.79 Å². The van der Waals surface area contributed by atoms with Crippen LogP contribution in [0.2, 0.25) is 0 Å². The Kier molecular flexibility index (Phi) is 12.2. The monoisotopic (exact) mass is 356 g/mol. The van der Waals surface area contributed by atoms with Crippen molar-refractivity contribution in [3.63, 3.8) is 0 Å². The van der Waals surface area contributed by atoms with E-state index in [0.717, 1.165) is 64.2 Å². The maximum atomic E-state index is 10.6. The topological polar surface area (TPSA) is 77.8 Å². The third-order valence-corrected chi connectivity index (χ3v) is 5.87. The molecule has 4 atom stereocenters. The minimum atomic E-state index is -0.708. The number of hydrogen-bond donors (Lipinski definition) is 3. The van der Waals surface area contributed by atoms with E-state index in [1.807, 2.05) is 0 Å². The van der Waals surface area contributed by atoms with E-state index in [2.05, 4.69) is 6.92 Å². The van der Waals surface area contributed by atoms with Crippen molar-refractivity contribution in [2.45, 2.75) is 115 Å². The second kappa shape index (κ2) is 13.6. The Morgan fingerprint density at radius 1 is 0.960 bits per heavy atom. The normalized spacial score (nSPS) is 24.5. The van der Waals surface area contributed by atoms with E-state index in [1.54, 1.807) is 0 Å². The fourth-order valence-corrected chi connectivity index (χ4v) is 4.32. The van der Waals surface area contributed by atoms with Crippen molar-refractivity contribution in [3.05, 3.63) is 0 Å². The highest BCUT2D eigenvalue weighted by molar-refractivity contribution is 5.66. The van der Waals surface area contributed by atoms with Gasteiger partial charge in [-0.1, -0.05) is 64.7 Å². The standard InChI is InChI=1S/C21H40O4/c1-2-3-4-6-10-13-19(22)18-15-16-20(23)17(18)12-9-7-5-8-11-14-21(24)25/h17-20,22-23H,2-16H2,1H3,(H,24,25). The van der Waals surface area contributed by atoms with Crippen LogP contribution in [0.3, 0.4) is 0 Å². The molecule has 4 heteroatoms. The van der Waals surface area contributed by atoms with Crippen molar-refractivity contribution >= 4 is 5.97 Å². The van der Waals surface area contributed by atoms with Crippen LogP contribution in [0.25, 0.3) is 0 Å². The molecule has 1 aliphatic rings. The molecule has 0 heterocycles. The Morgan fingerprint density at radius 2 is 1.60 bits per heavy atom. The first-order valence-corrected chi connectivity index (χ1v) is 10.6. The highest BCUT2D eigenvalue weighted by atomic mass is 16.4. The van der Waals surface area contributed by atoms with Crippen LogP contribution in [-0.2, 0) is 4.79 Å². The van der Waals surface area contributed by atoms with E-state index >= 15 is 0 Å². The van der Waals surface area contributed by atoms with Crippen molar-refractivity contribution in [3.8, 4) is 0 Å². The molecule has 0 aromatic carbocycles. The zero-order valence-corrected chi connectivity index (χ0v) is 16.2. The largest absolute Gasteiger partial charge is 0.481 e. The number of unbranched alkanes of at least 4 members (excludes halogenated alkanes) is 8. The fourth-order valence-electron chi connectivity index (χ4n) is 4.32. The number of rotatable bonds is 15. The maximum absolute atomic E-state index is 10.6. The van der Waals surface area contributed by atoms with E-state index in [9.17, 15) is 15.0 Å². The number of carboxylic acid groups (broad SMARTS) is 1. The molecule has 25 heavy (non-hydrogen) atoms. The molecule has 4 nitrogen and oxygen atoms in total. The smallest absolute Gasteiger partial charge is 0.303 e. The summed E-state index contributed by atoms with van der Waals surface area (Å²) in [6.45, 7) is 2.21. The SMILES string of the molecule is CCCCCCCC(O)C1CCC(O)C1CCCCCCCC(=O)O. The summed E-state index contributed by atoms with van der Waals surface area (Å²) in [4.78, 5) is 10.5. The Labute approximate surface area is 154 Å². The minimum Gasteiger partial charge on any atom is -0.481 e. The summed E-state index contributed by atoms with van der Waals surface area (Å²) in [5.74, 6) is -0.182. The molecule has 0 bridgehead atoms. The molecule has 1 rings (SSSR count). The molecule has 0 aromatic heterocycles. The minimum absolute atomic E-state index is 0.244. The lowest BCUT2D eigenvalue weighted by molar-refractivity contribution is -0.137. The second-order valence-electron chi connectivity index (χ2n) is 7.94. The summed E-state index contributed by atoms with van der Waals surface area (Å²) < 4.78 is 0. The Hall–Kier alpha value is -0.610. The van der Waals surface area contributed by atoms with Gasteiger partial charge in [0.1, 0.15) is 0 Å². The molecule has 1 aliphatic carbocycles. The van der Waals surface area contributed by atoms with Crippen molar-refractivity contribution in [1.29, 1.82) is 0 Å². The molecule has 1 saturated carbocycles. The number of carbonyl (C=O) groups is 1. The lowest BCUT2D eigenvalue weighted by Crippen LogP contribution is -2.28. The molecule has 0 spiro atoms. The highest BCUT2D eigenvalue weighted by Crippen LogP contribution is 2.39. The van der Waals surface area contributed by atoms with Gasteiger partial charge in [0.2, 0.25) is 0 Å². The number of carboxylic acids is 1. The van der Waals surface area contributed by atoms with E-state index in [0.29, 0.717) is 0 Å². The van der Waals surface area contributed by atoms with Gasteiger partial charge < -0.3 is 15.3 Å². The Bertz CT molecular complexity index is 345. The molecule has 0 aliphatic heterocycles. The molecular formula is C21H40O4. The summed E-state index contributed by atoms with van der Waals surface area (Å²) in [5.41, 5.74) is 0. The number of aliphatic hydroxyl groups is 2. The zero-order chi connectivity index (χ0) is 18.5. The van der Waals surface area contributed by atoms with Crippen LogP contribution in [0.5, 0.6) is 0 Å². The van der Waals surface area contributed by atoms with E-state index in [1.165, 1.54) is 25.7 Å². The summed E-state index contributed by atoms with van der Waals surface area (Å²) in [7, 11) is 0. The van der Waals surface area contributed by atoms with E-state index in [-0.39, 0.29) is 30.5 Å². The van der Waals surface area contributed by atoms with Gasteiger partial charge in [0.05, 0.1) is 12.2 Å². The van der Waals surface area contributed by atoms with Gasteiger partial charge in [0.15, 0.2) is 0 Å². The van der Waals surface area contributed by atoms with Gasteiger partial charge in [0, 0.05) is 6.42 Å². The predicted molar refractivity (Wildman–Crippen MR) is 102 cm³/mol. The first-order valence-electron chi connectivity index (χ1n) is 10.6. The van der Waals surface area contributed by atoms with Gasteiger partial charge in [0.25, 0.3) is 0 Å². The van der Waals surface area contributed by atoms with Crippen LogP contribution in [0.15, 0.2) is 0 Å². The number of aliphatic carboxylic acids is 1. The average Bonchev–Trinajstić information content (AvgIpc) is 2.94. The van der Waals surface area contributed by atoms with Crippen LogP contribution >= 0.6 is 0 Å². The Balaban J connectivity index is 2.18. The van der Waals surface area contributed by atoms with E-state index in [4.69, 9.17) is 5.11 Å². The molecule has 1 fully saturated rings. The summed E-state index contributed by atoms with van der Waals surface area (Å²) in [5, 5.41) is 29.4. The quantitative estimate of drug-likeness (QED) is 0.364. The molecule has 0 amide bonds. The second-order valence-corrected chi connectivity index (χ2v) is 7.94. The predicted octanol–water partition coefficient (Wildman–Crippen LogP) is 4.91. The van der Waals surface area contributed by atoms with Crippen LogP contribution < -0.4 is 0 Å². The first kappa shape index (κ1) is 22.4. The third-order valence-electron chi connectivity index (χ3n) is 5.87. The van der Waals surface area contributed by atoms with Crippen LogP contribution in [-0.4, -0.2) is 33.5 Å². The summed E-state index contributed by atoms with van der Waals surface area (Å²) in [6.07, 6.45) is 14.5. The van der Waals surface area contributed by atoms with Crippen molar-refractivity contribution in [2.75, 3.05) is 0 Å². The molecule has 0 aromatic rings. The molecular weight excluding hydrogens is 316 g/mol. The third kappa shape index (κ3) is 9.60. The van der Waals surface area contributed by atoms with E-state index < -0.39 is 5.97 Å². The van der Waals surface area contributed by atoms with Crippen LogP contribution in [0.4, 0.5) is 0 Å².